The average molecular weight is 395 g/mol. The number of hydrogen-bond acceptors (Lipinski definition) is 5. The Balaban J connectivity index is 1.85. The largest absolute Gasteiger partial charge is 0.508 e. The van der Waals surface area contributed by atoms with Crippen molar-refractivity contribution >= 4 is 11.4 Å². The molecule has 0 radical (unpaired) electrons. The smallest absolute Gasteiger partial charge is 0.418 e. The predicted molar refractivity (Wildman–Crippen MR) is 102 cm³/mol. The molecule has 5 N–H and O–H groups in total. The molecule has 0 spiro atoms. The van der Waals surface area contributed by atoms with Gasteiger partial charge in [-0.3, -0.25) is 0 Å². The van der Waals surface area contributed by atoms with Gasteiger partial charge in [0.15, 0.2) is 5.60 Å². The third kappa shape index (κ3) is 3.88. The van der Waals surface area contributed by atoms with Crippen molar-refractivity contribution in [3.8, 4) is 5.75 Å². The van der Waals surface area contributed by atoms with Crippen molar-refractivity contribution in [3.63, 3.8) is 0 Å². The molecule has 1 aliphatic heterocycles. The monoisotopic (exact) mass is 395 g/mol. The van der Waals surface area contributed by atoms with E-state index in [1.165, 1.54) is 6.07 Å². The molecule has 0 saturated carbocycles. The van der Waals surface area contributed by atoms with E-state index in [1.54, 1.807) is 44.2 Å². The lowest BCUT2D eigenvalue weighted by Gasteiger charge is -2.38. The highest BCUT2D eigenvalue weighted by molar-refractivity contribution is 5.67. The molecule has 0 fully saturated rings. The molecular formula is C20H24F3N3O2. The third-order valence-electron chi connectivity index (χ3n) is 5.13. The molecular weight excluding hydrogens is 371 g/mol. The summed E-state index contributed by atoms with van der Waals surface area (Å²) < 4.78 is 41.6. The first kappa shape index (κ1) is 20.3. The van der Waals surface area contributed by atoms with Gasteiger partial charge in [-0.05, 0) is 35.6 Å². The number of rotatable bonds is 6. The molecule has 1 atom stereocenters. The van der Waals surface area contributed by atoms with Crippen LogP contribution >= 0.6 is 0 Å². The first-order valence-electron chi connectivity index (χ1n) is 8.96. The summed E-state index contributed by atoms with van der Waals surface area (Å²) in [5.74, 6) is -0.0944. The fourth-order valence-corrected chi connectivity index (χ4v) is 3.66. The summed E-state index contributed by atoms with van der Waals surface area (Å²) in [4.78, 5) is 0. The van der Waals surface area contributed by atoms with Crippen LogP contribution in [-0.2, 0) is 12.0 Å². The fourth-order valence-electron chi connectivity index (χ4n) is 3.66. The van der Waals surface area contributed by atoms with E-state index in [4.69, 9.17) is 0 Å². The molecule has 1 aliphatic rings. The molecule has 0 amide bonds. The van der Waals surface area contributed by atoms with Crippen LogP contribution in [0.3, 0.4) is 0 Å². The van der Waals surface area contributed by atoms with Crippen LogP contribution in [0.5, 0.6) is 5.75 Å². The molecule has 2 aromatic rings. The Bertz CT molecular complexity index is 855. The van der Waals surface area contributed by atoms with Crippen LogP contribution in [0.15, 0.2) is 42.5 Å². The fraction of sp³-hybridized carbons (Fsp3) is 0.400. The number of aliphatic hydroxyl groups is 1. The summed E-state index contributed by atoms with van der Waals surface area (Å²) in [6, 6.07) is 11.5. The zero-order chi connectivity index (χ0) is 20.6. The van der Waals surface area contributed by atoms with Gasteiger partial charge in [-0.25, -0.2) is 5.43 Å². The quantitative estimate of drug-likeness (QED) is 0.513. The first-order chi connectivity index (χ1) is 13.0. The summed E-state index contributed by atoms with van der Waals surface area (Å²) in [7, 11) is 0. The zero-order valence-corrected chi connectivity index (χ0v) is 15.7. The molecule has 152 valence electrons. The number of benzene rings is 2. The van der Waals surface area contributed by atoms with Gasteiger partial charge in [0.2, 0.25) is 0 Å². The second kappa shape index (κ2) is 7.18. The van der Waals surface area contributed by atoms with E-state index in [0.29, 0.717) is 17.8 Å². The maximum absolute atomic E-state index is 13.9. The van der Waals surface area contributed by atoms with Crippen LogP contribution in [0.25, 0.3) is 0 Å². The van der Waals surface area contributed by atoms with Crippen LogP contribution in [0, 0.1) is 0 Å². The molecule has 1 unspecified atom stereocenters. The summed E-state index contributed by atoms with van der Waals surface area (Å²) in [6.07, 6.45) is -5.46. The van der Waals surface area contributed by atoms with Crippen molar-refractivity contribution < 1.29 is 23.4 Å². The topological polar surface area (TPSA) is 76.5 Å². The molecule has 0 aliphatic carbocycles. The number of alkyl halides is 3. The van der Waals surface area contributed by atoms with Crippen LogP contribution in [0.4, 0.5) is 24.5 Å². The number of aromatic hydroxyl groups is 1. The van der Waals surface area contributed by atoms with Crippen molar-refractivity contribution in [1.29, 1.82) is 0 Å². The van der Waals surface area contributed by atoms with E-state index in [2.05, 4.69) is 16.2 Å². The number of para-hydroxylation sites is 1. The maximum atomic E-state index is 13.9. The average Bonchev–Trinajstić information content (AvgIpc) is 3.08. The predicted octanol–water partition coefficient (Wildman–Crippen LogP) is 3.90. The van der Waals surface area contributed by atoms with Crippen LogP contribution in [-0.4, -0.2) is 28.5 Å². The van der Waals surface area contributed by atoms with Gasteiger partial charge in [-0.15, -0.1) is 0 Å². The van der Waals surface area contributed by atoms with E-state index in [-0.39, 0.29) is 5.75 Å². The SMILES string of the molecule is CC(C)(CC(O)(CNc1cccc2c1CNN2)C(F)(F)F)c1ccccc1O. The van der Waals surface area contributed by atoms with Crippen LogP contribution in [0.2, 0.25) is 0 Å². The summed E-state index contributed by atoms with van der Waals surface area (Å²) in [5, 5.41) is 23.5. The van der Waals surface area contributed by atoms with Crippen LogP contribution in [0.1, 0.15) is 31.4 Å². The highest BCUT2D eigenvalue weighted by atomic mass is 19.4. The van der Waals surface area contributed by atoms with Crippen molar-refractivity contribution in [3.05, 3.63) is 53.6 Å². The van der Waals surface area contributed by atoms with Gasteiger partial charge in [0.05, 0.1) is 12.2 Å². The van der Waals surface area contributed by atoms with Crippen molar-refractivity contribution in [1.82, 2.24) is 5.43 Å². The molecule has 0 aromatic heterocycles. The molecule has 0 bridgehead atoms. The highest BCUT2D eigenvalue weighted by Gasteiger charge is 2.56. The van der Waals surface area contributed by atoms with Gasteiger partial charge >= 0.3 is 6.18 Å². The second-order valence-corrected chi connectivity index (χ2v) is 7.77. The summed E-state index contributed by atoms with van der Waals surface area (Å²) >= 11 is 0. The number of phenols is 1. The Kier molecular flexibility index (Phi) is 5.20. The summed E-state index contributed by atoms with van der Waals surface area (Å²) in [5.41, 5.74) is 4.23. The van der Waals surface area contributed by atoms with Gasteiger partial charge in [0, 0.05) is 17.8 Å². The van der Waals surface area contributed by atoms with E-state index in [1.807, 2.05) is 6.07 Å². The minimum atomic E-state index is -4.85. The number of hydrazine groups is 1. The molecule has 5 nitrogen and oxygen atoms in total. The van der Waals surface area contributed by atoms with E-state index >= 15 is 0 Å². The maximum Gasteiger partial charge on any atom is 0.418 e. The lowest BCUT2D eigenvalue weighted by Crippen LogP contribution is -2.53. The van der Waals surface area contributed by atoms with Crippen molar-refractivity contribution in [2.24, 2.45) is 0 Å². The molecule has 28 heavy (non-hydrogen) atoms. The lowest BCUT2D eigenvalue weighted by atomic mass is 9.74. The van der Waals surface area contributed by atoms with Crippen LogP contribution < -0.4 is 16.2 Å². The number of hydrogen-bond donors (Lipinski definition) is 5. The molecule has 2 aromatic carbocycles. The molecule has 8 heteroatoms. The Morgan fingerprint density at radius 3 is 2.46 bits per heavy atom. The molecule has 1 heterocycles. The molecule has 0 saturated heterocycles. The number of phenolic OH excluding ortho intramolecular Hbond substituents is 1. The lowest BCUT2D eigenvalue weighted by molar-refractivity contribution is -0.260. The summed E-state index contributed by atoms with van der Waals surface area (Å²) in [6.45, 7) is 2.91. The van der Waals surface area contributed by atoms with E-state index in [9.17, 15) is 23.4 Å². The zero-order valence-electron chi connectivity index (χ0n) is 15.7. The number of nitrogens with one attached hydrogen (secondary N) is 3. The minimum absolute atomic E-state index is 0.0944. The Morgan fingerprint density at radius 1 is 1.07 bits per heavy atom. The molecule has 3 rings (SSSR count). The van der Waals surface area contributed by atoms with Gasteiger partial charge in [-0.1, -0.05) is 38.1 Å². The Morgan fingerprint density at radius 2 is 1.79 bits per heavy atom. The number of fused-ring (bicyclic) bond motifs is 1. The minimum Gasteiger partial charge on any atom is -0.508 e. The van der Waals surface area contributed by atoms with E-state index < -0.39 is 30.2 Å². The first-order valence-corrected chi connectivity index (χ1v) is 8.96. The van der Waals surface area contributed by atoms with Gasteiger partial charge in [-0.2, -0.15) is 13.2 Å². The Labute approximate surface area is 161 Å². The number of halogens is 3. The van der Waals surface area contributed by atoms with E-state index in [0.717, 1.165) is 11.3 Å². The van der Waals surface area contributed by atoms with Crippen molar-refractivity contribution in [2.45, 2.75) is 44.0 Å². The third-order valence-corrected chi connectivity index (χ3v) is 5.13. The Hall–Kier alpha value is -2.45. The number of anilines is 2. The van der Waals surface area contributed by atoms with Gasteiger partial charge in [0.1, 0.15) is 5.75 Å². The normalized spacial score (nSPS) is 16.2. The highest BCUT2D eigenvalue weighted by Crippen LogP contribution is 2.43. The standard InChI is InChI=1S/C20H24F3N3O2/c1-18(2,14-6-3-4-9-17(14)27)11-19(28,20(21,22)23)12-24-15-7-5-8-16-13(15)10-25-26-16/h3-9,24-28H,10-12H2,1-2H3. The van der Waals surface area contributed by atoms with Gasteiger partial charge < -0.3 is 21.0 Å². The second-order valence-electron chi connectivity index (χ2n) is 7.77. The van der Waals surface area contributed by atoms with Crippen molar-refractivity contribution in [2.75, 3.05) is 17.3 Å². The van der Waals surface area contributed by atoms with Gasteiger partial charge in [0.25, 0.3) is 0 Å².